The van der Waals surface area contributed by atoms with Gasteiger partial charge in [-0.05, 0) is 45.4 Å². The van der Waals surface area contributed by atoms with Gasteiger partial charge in [0.1, 0.15) is 5.82 Å². The van der Waals surface area contributed by atoms with E-state index in [9.17, 15) is 5.11 Å². The van der Waals surface area contributed by atoms with Crippen LogP contribution in [-0.2, 0) is 11.3 Å². The third-order valence-corrected chi connectivity index (χ3v) is 4.62. The zero-order chi connectivity index (χ0) is 16.2. The van der Waals surface area contributed by atoms with Gasteiger partial charge in [-0.25, -0.2) is 4.98 Å². The van der Waals surface area contributed by atoms with Crippen LogP contribution in [0.1, 0.15) is 38.6 Å². The number of fused-ring (bicyclic) bond motifs is 1. The van der Waals surface area contributed by atoms with Crippen molar-refractivity contribution in [1.82, 2.24) is 14.5 Å². The average molecular weight is 317 g/mol. The molecule has 126 valence electrons. The molecule has 2 atom stereocenters. The number of nitrogens with zero attached hydrogens (tertiary/aromatic N) is 3. The summed E-state index contributed by atoms with van der Waals surface area (Å²) >= 11 is 0. The first kappa shape index (κ1) is 16.4. The molecule has 5 heteroatoms. The number of aryl methyl sites for hydroxylation is 1. The number of aromatic nitrogens is 2. The molecule has 23 heavy (non-hydrogen) atoms. The summed E-state index contributed by atoms with van der Waals surface area (Å²) < 4.78 is 7.65. The molecule has 1 fully saturated rings. The Bertz CT molecular complexity index is 640. The van der Waals surface area contributed by atoms with E-state index in [1.165, 1.54) is 5.52 Å². The largest absolute Gasteiger partial charge is 0.389 e. The highest BCUT2D eigenvalue weighted by Gasteiger charge is 2.31. The van der Waals surface area contributed by atoms with Crippen LogP contribution < -0.4 is 0 Å². The van der Waals surface area contributed by atoms with Crippen molar-refractivity contribution in [3.8, 4) is 0 Å². The Morgan fingerprint density at radius 2 is 2.17 bits per heavy atom. The summed E-state index contributed by atoms with van der Waals surface area (Å²) in [6, 6.07) is 8.61. The number of imidazole rings is 1. The number of aliphatic hydroxyl groups excluding tert-OH is 1. The van der Waals surface area contributed by atoms with Gasteiger partial charge in [-0.1, -0.05) is 12.1 Å². The number of rotatable bonds is 7. The van der Waals surface area contributed by atoms with Crippen molar-refractivity contribution < 1.29 is 9.84 Å². The van der Waals surface area contributed by atoms with Gasteiger partial charge < -0.3 is 14.4 Å². The van der Waals surface area contributed by atoms with Crippen molar-refractivity contribution in [2.45, 2.75) is 45.4 Å². The summed E-state index contributed by atoms with van der Waals surface area (Å²) in [6.45, 7) is 7.76. The lowest BCUT2D eigenvalue weighted by Crippen LogP contribution is -2.35. The lowest BCUT2D eigenvalue weighted by atomic mass is 10.2. The Morgan fingerprint density at radius 1 is 1.35 bits per heavy atom. The number of β-amino-alcohol motifs (C(OH)–C–C–N with tert-alkyl or cyclic N) is 1. The number of likely N-dealkylation sites (tertiary alicyclic amines) is 1. The maximum Gasteiger partial charge on any atom is 0.127 e. The minimum Gasteiger partial charge on any atom is -0.389 e. The van der Waals surface area contributed by atoms with Gasteiger partial charge in [-0.3, -0.25) is 4.90 Å². The van der Waals surface area contributed by atoms with Gasteiger partial charge in [-0.15, -0.1) is 0 Å². The van der Waals surface area contributed by atoms with E-state index < -0.39 is 6.10 Å². The Labute approximate surface area is 137 Å². The summed E-state index contributed by atoms with van der Waals surface area (Å²) in [4.78, 5) is 7.25. The number of benzene rings is 1. The van der Waals surface area contributed by atoms with Crippen LogP contribution in [0.4, 0.5) is 0 Å². The molecule has 0 spiro atoms. The lowest BCUT2D eigenvalue weighted by molar-refractivity contribution is 0.0178. The fraction of sp³-hybridized carbons (Fsp3) is 0.611. The van der Waals surface area contributed by atoms with E-state index >= 15 is 0 Å². The van der Waals surface area contributed by atoms with Gasteiger partial charge in [0.25, 0.3) is 0 Å². The van der Waals surface area contributed by atoms with Crippen LogP contribution in [0.3, 0.4) is 0 Å². The molecule has 1 aromatic carbocycles. The van der Waals surface area contributed by atoms with Crippen LogP contribution in [-0.4, -0.2) is 52.0 Å². The first-order valence-electron chi connectivity index (χ1n) is 8.69. The Morgan fingerprint density at radius 3 is 2.96 bits per heavy atom. The Hall–Kier alpha value is -1.43. The summed E-state index contributed by atoms with van der Waals surface area (Å²) in [6.07, 6.45) is 1.82. The molecule has 0 unspecified atom stereocenters. The fourth-order valence-corrected chi connectivity index (χ4v) is 3.60. The molecule has 2 heterocycles. The molecular weight excluding hydrogens is 290 g/mol. The van der Waals surface area contributed by atoms with E-state index in [0.717, 1.165) is 37.3 Å². The number of para-hydroxylation sites is 2. The summed E-state index contributed by atoms with van der Waals surface area (Å²) in [7, 11) is 0. The highest BCUT2D eigenvalue weighted by atomic mass is 16.5. The monoisotopic (exact) mass is 317 g/mol. The van der Waals surface area contributed by atoms with Crippen LogP contribution >= 0.6 is 0 Å². The summed E-state index contributed by atoms with van der Waals surface area (Å²) in [5, 5.41) is 10.2. The molecule has 5 nitrogen and oxygen atoms in total. The second-order valence-corrected chi connectivity index (χ2v) is 6.17. The maximum atomic E-state index is 10.2. The van der Waals surface area contributed by atoms with Gasteiger partial charge >= 0.3 is 0 Å². The third-order valence-electron chi connectivity index (χ3n) is 4.62. The molecular formula is C18H27N3O2. The van der Waals surface area contributed by atoms with E-state index in [2.05, 4.69) is 34.6 Å². The topological polar surface area (TPSA) is 50.5 Å². The second kappa shape index (κ2) is 7.43. The molecule has 0 aliphatic carbocycles. The maximum absolute atomic E-state index is 10.2. The molecule has 2 aromatic rings. The molecule has 0 radical (unpaired) electrons. The molecule has 1 saturated heterocycles. The molecule has 0 bridgehead atoms. The first-order valence-corrected chi connectivity index (χ1v) is 8.69. The van der Waals surface area contributed by atoms with Crippen molar-refractivity contribution >= 4 is 11.0 Å². The van der Waals surface area contributed by atoms with E-state index in [1.54, 1.807) is 0 Å². The van der Waals surface area contributed by atoms with Crippen LogP contribution in [0, 0.1) is 0 Å². The highest BCUT2D eigenvalue weighted by Crippen LogP contribution is 2.33. The summed E-state index contributed by atoms with van der Waals surface area (Å²) in [5.74, 6) is 1.13. The Balaban J connectivity index is 1.82. The third kappa shape index (κ3) is 3.42. The number of aliphatic hydroxyl groups is 1. The van der Waals surface area contributed by atoms with Gasteiger partial charge in [0.2, 0.25) is 0 Å². The van der Waals surface area contributed by atoms with Gasteiger partial charge in [0.05, 0.1) is 29.8 Å². The van der Waals surface area contributed by atoms with Gasteiger partial charge in [-0.2, -0.15) is 0 Å². The standard InChI is InChI=1S/C18H27N3O2/c1-3-21-16-9-6-5-8-15(16)19-18(21)17-10-7-11-20(17)12-14(22)13-23-4-2/h5-6,8-9,14,17,22H,3-4,7,10-13H2,1-2H3/t14-,17-/m1/s1. The Kier molecular flexibility index (Phi) is 5.30. The van der Waals surface area contributed by atoms with Crippen molar-refractivity contribution in [3.05, 3.63) is 30.1 Å². The van der Waals surface area contributed by atoms with Crippen LogP contribution in [0.15, 0.2) is 24.3 Å². The minimum atomic E-state index is -0.435. The molecule has 1 aliphatic heterocycles. The van der Waals surface area contributed by atoms with E-state index in [4.69, 9.17) is 9.72 Å². The minimum absolute atomic E-state index is 0.290. The van der Waals surface area contributed by atoms with Crippen molar-refractivity contribution in [1.29, 1.82) is 0 Å². The zero-order valence-corrected chi connectivity index (χ0v) is 14.1. The fourth-order valence-electron chi connectivity index (χ4n) is 3.60. The van der Waals surface area contributed by atoms with Crippen molar-refractivity contribution in [2.24, 2.45) is 0 Å². The number of ether oxygens (including phenoxy) is 1. The lowest BCUT2D eigenvalue weighted by Gasteiger charge is -2.26. The molecule has 1 aromatic heterocycles. The quantitative estimate of drug-likeness (QED) is 0.853. The van der Waals surface area contributed by atoms with Gasteiger partial charge in [0.15, 0.2) is 0 Å². The highest BCUT2D eigenvalue weighted by molar-refractivity contribution is 5.76. The first-order chi connectivity index (χ1) is 11.2. The van der Waals surface area contributed by atoms with Crippen LogP contribution in [0.25, 0.3) is 11.0 Å². The summed E-state index contributed by atoms with van der Waals surface area (Å²) in [5.41, 5.74) is 2.26. The SMILES string of the molecule is CCOC[C@H](O)CN1CCC[C@@H]1c1nc2ccccc2n1CC. The molecule has 1 aliphatic rings. The smallest absolute Gasteiger partial charge is 0.127 e. The average Bonchev–Trinajstić information content (AvgIpc) is 3.16. The van der Waals surface area contributed by atoms with E-state index in [0.29, 0.717) is 25.8 Å². The van der Waals surface area contributed by atoms with Crippen LogP contribution in [0.5, 0.6) is 0 Å². The molecule has 3 rings (SSSR count). The van der Waals surface area contributed by atoms with Crippen molar-refractivity contribution in [2.75, 3.05) is 26.3 Å². The second-order valence-electron chi connectivity index (χ2n) is 6.17. The zero-order valence-electron chi connectivity index (χ0n) is 14.1. The predicted molar refractivity (Wildman–Crippen MR) is 91.5 cm³/mol. The van der Waals surface area contributed by atoms with Gasteiger partial charge in [0, 0.05) is 19.7 Å². The van der Waals surface area contributed by atoms with Crippen molar-refractivity contribution in [3.63, 3.8) is 0 Å². The molecule has 0 amide bonds. The number of hydrogen-bond acceptors (Lipinski definition) is 4. The molecule has 0 saturated carbocycles. The normalized spacial score (nSPS) is 20.4. The molecule has 1 N–H and O–H groups in total. The van der Waals surface area contributed by atoms with E-state index in [1.807, 2.05) is 13.0 Å². The number of hydrogen-bond donors (Lipinski definition) is 1. The predicted octanol–water partition coefficient (Wildman–Crippen LogP) is 2.59. The van der Waals surface area contributed by atoms with E-state index in [-0.39, 0.29) is 0 Å². The van der Waals surface area contributed by atoms with Crippen LogP contribution in [0.2, 0.25) is 0 Å².